The number of fused-ring (bicyclic) bond motifs is 6. The highest BCUT2D eigenvalue weighted by Crippen LogP contribution is 2.50. The van der Waals surface area contributed by atoms with Gasteiger partial charge in [0.25, 0.3) is 0 Å². The summed E-state index contributed by atoms with van der Waals surface area (Å²) in [7, 11) is 2.33. The van der Waals surface area contributed by atoms with Crippen LogP contribution in [0.2, 0.25) is 0 Å². The number of aliphatic hydroxyl groups excluding tert-OH is 2. The Kier molecular flexibility index (Phi) is 15.7. The number of methoxy groups -OCH3 is 2. The molecule has 3 saturated heterocycles. The van der Waals surface area contributed by atoms with E-state index in [4.69, 9.17) is 37.9 Å². The number of esters is 4. The second-order valence-corrected chi connectivity index (χ2v) is 18.7. The molecular formula is C43H64O18. The first-order valence-electron chi connectivity index (χ1n) is 20.5. The zero-order valence-electron chi connectivity index (χ0n) is 36.7. The van der Waals surface area contributed by atoms with Gasteiger partial charge in [0.1, 0.15) is 12.2 Å². The SMILES string of the molecule is COC(=O)/C=C1\CC2/C=C/C(C)(C)C3(O)OC(C/C(=C\C(=O)OC)C3OC(=O)O)CC(C(C)O)OC(=O)CC(O)CC3CC(OC(=O)C(C)(C)C)C(C)(C)C(O)(CC(C1)O2)O3. The first kappa shape index (κ1) is 49.7. The molecular weight excluding hydrogens is 804 g/mol. The van der Waals surface area contributed by atoms with Gasteiger partial charge in [0.05, 0.1) is 68.1 Å². The largest absolute Gasteiger partial charge is 0.506 e. The second kappa shape index (κ2) is 19.2. The molecule has 4 rings (SSSR count). The monoisotopic (exact) mass is 868 g/mol. The summed E-state index contributed by atoms with van der Waals surface area (Å²) < 4.78 is 45.9. The highest BCUT2D eigenvalue weighted by molar-refractivity contribution is 5.83. The second-order valence-electron chi connectivity index (χ2n) is 18.7. The van der Waals surface area contributed by atoms with Crippen molar-refractivity contribution in [3.8, 4) is 0 Å². The van der Waals surface area contributed by atoms with Gasteiger partial charge in [-0.1, -0.05) is 45.4 Å². The Morgan fingerprint density at radius 2 is 1.51 bits per heavy atom. The van der Waals surface area contributed by atoms with Crippen LogP contribution in [0.25, 0.3) is 0 Å². The van der Waals surface area contributed by atoms with Gasteiger partial charge in [-0.3, -0.25) is 9.59 Å². The molecule has 4 aliphatic heterocycles. The van der Waals surface area contributed by atoms with Crippen LogP contribution in [0, 0.1) is 16.2 Å². The van der Waals surface area contributed by atoms with Crippen molar-refractivity contribution in [2.45, 2.75) is 173 Å². The molecule has 0 amide bonds. The van der Waals surface area contributed by atoms with Gasteiger partial charge in [-0.15, -0.1) is 0 Å². The van der Waals surface area contributed by atoms with Crippen LogP contribution in [0.15, 0.2) is 35.5 Å². The number of rotatable bonds is 5. The maximum absolute atomic E-state index is 13.4. The minimum atomic E-state index is -2.57. The fourth-order valence-corrected chi connectivity index (χ4v) is 8.15. The molecule has 18 heteroatoms. The lowest BCUT2D eigenvalue weighted by atomic mass is 9.70. The summed E-state index contributed by atoms with van der Waals surface area (Å²) in [5, 5.41) is 57.0. The lowest BCUT2D eigenvalue weighted by molar-refractivity contribution is -0.349. The van der Waals surface area contributed by atoms with Crippen molar-refractivity contribution in [3.05, 3.63) is 35.5 Å². The van der Waals surface area contributed by atoms with E-state index in [2.05, 4.69) is 0 Å². The van der Waals surface area contributed by atoms with Crippen LogP contribution in [0.5, 0.6) is 0 Å². The molecule has 0 saturated carbocycles. The molecule has 0 aromatic heterocycles. The molecule has 11 unspecified atom stereocenters. The molecule has 344 valence electrons. The average molecular weight is 869 g/mol. The fourth-order valence-electron chi connectivity index (χ4n) is 8.15. The van der Waals surface area contributed by atoms with Crippen molar-refractivity contribution in [2.75, 3.05) is 14.2 Å². The summed E-state index contributed by atoms with van der Waals surface area (Å²) in [6.07, 6.45) is -8.15. The number of aliphatic hydroxyl groups is 4. The van der Waals surface area contributed by atoms with E-state index in [1.807, 2.05) is 0 Å². The molecule has 18 nitrogen and oxygen atoms in total. The van der Waals surface area contributed by atoms with Crippen molar-refractivity contribution in [1.82, 2.24) is 0 Å². The third kappa shape index (κ3) is 12.0. The summed E-state index contributed by atoms with van der Waals surface area (Å²) in [5.41, 5.74) is -3.24. The molecule has 5 N–H and O–H groups in total. The van der Waals surface area contributed by atoms with Crippen LogP contribution in [-0.2, 0) is 57.1 Å². The molecule has 0 aromatic carbocycles. The molecule has 4 aliphatic rings. The molecule has 0 spiro atoms. The van der Waals surface area contributed by atoms with Crippen molar-refractivity contribution >= 4 is 30.0 Å². The van der Waals surface area contributed by atoms with Crippen molar-refractivity contribution in [2.24, 2.45) is 16.2 Å². The summed E-state index contributed by atoms with van der Waals surface area (Å²) in [6.45, 7) is 12.8. The van der Waals surface area contributed by atoms with E-state index in [9.17, 15) is 49.5 Å². The molecule has 61 heavy (non-hydrogen) atoms. The molecule has 3 fully saturated rings. The van der Waals surface area contributed by atoms with Gasteiger partial charge in [-0.2, -0.15) is 0 Å². The third-order valence-electron chi connectivity index (χ3n) is 12.0. The predicted molar refractivity (Wildman–Crippen MR) is 212 cm³/mol. The normalized spacial score (nSPS) is 37.0. The number of carboxylic acid groups (broad SMARTS) is 1. The van der Waals surface area contributed by atoms with Crippen molar-refractivity contribution in [3.63, 3.8) is 0 Å². The van der Waals surface area contributed by atoms with E-state index in [0.29, 0.717) is 5.57 Å². The summed E-state index contributed by atoms with van der Waals surface area (Å²) >= 11 is 0. The summed E-state index contributed by atoms with van der Waals surface area (Å²) in [5.74, 6) is -7.64. The van der Waals surface area contributed by atoms with Gasteiger partial charge in [0.15, 0.2) is 11.9 Å². The van der Waals surface area contributed by atoms with Crippen LogP contribution in [0.3, 0.4) is 0 Å². The number of ether oxygens (including phenoxy) is 8. The smallest absolute Gasteiger partial charge is 0.466 e. The Morgan fingerprint density at radius 3 is 2.10 bits per heavy atom. The van der Waals surface area contributed by atoms with E-state index in [1.54, 1.807) is 40.7 Å². The highest BCUT2D eigenvalue weighted by Gasteiger charge is 2.60. The number of hydrogen-bond donors (Lipinski definition) is 5. The van der Waals surface area contributed by atoms with Crippen LogP contribution in [0.4, 0.5) is 4.79 Å². The Bertz CT molecular complexity index is 1720. The number of hydrogen-bond acceptors (Lipinski definition) is 17. The molecule has 4 heterocycles. The first-order chi connectivity index (χ1) is 28.1. The van der Waals surface area contributed by atoms with Gasteiger partial charge in [0, 0.05) is 43.3 Å². The zero-order valence-corrected chi connectivity index (χ0v) is 36.7. The van der Waals surface area contributed by atoms with Crippen molar-refractivity contribution < 1.29 is 87.4 Å². The minimum absolute atomic E-state index is 0.0335. The number of carbonyl (C=O) groups excluding carboxylic acids is 4. The first-order valence-corrected chi connectivity index (χ1v) is 20.5. The van der Waals surface area contributed by atoms with E-state index >= 15 is 0 Å². The van der Waals surface area contributed by atoms with Crippen LogP contribution < -0.4 is 0 Å². The Morgan fingerprint density at radius 1 is 0.869 bits per heavy atom. The lowest BCUT2D eigenvalue weighted by Gasteiger charge is -2.54. The van der Waals surface area contributed by atoms with Crippen LogP contribution in [-0.4, -0.2) is 136 Å². The molecule has 0 aromatic rings. The fraction of sp³-hybridized carbons (Fsp3) is 0.744. The topological polar surface area (TPSA) is 260 Å². The van der Waals surface area contributed by atoms with E-state index in [0.717, 1.165) is 13.2 Å². The average Bonchev–Trinajstić information content (AvgIpc) is 3.12. The number of cyclic esters (lactones) is 1. The maximum atomic E-state index is 13.4. The van der Waals surface area contributed by atoms with Gasteiger partial charge in [0.2, 0.25) is 5.79 Å². The summed E-state index contributed by atoms with van der Waals surface area (Å²) in [4.78, 5) is 63.9. The van der Waals surface area contributed by atoms with E-state index in [1.165, 1.54) is 40.0 Å². The van der Waals surface area contributed by atoms with Crippen LogP contribution in [0.1, 0.15) is 107 Å². The van der Waals surface area contributed by atoms with Gasteiger partial charge in [-0.05, 0) is 52.5 Å². The number of carbonyl (C=O) groups is 5. The highest BCUT2D eigenvalue weighted by atomic mass is 16.7. The lowest BCUT2D eigenvalue weighted by Crippen LogP contribution is -2.62. The standard InChI is InChI=1S/C43H64O18/c1-23(44)31-20-28-16-25(17-34(47)55-10)36(59-38(50)51)43(53,61-28)40(5,6)12-11-27-13-24(15-33(46)54-9)14-30(56-27)22-42(52)41(7,8)32(58-37(49)39(2,3)4)21-29(60-42)18-26(45)19-35(48)57-31/h11-12,15,17,23,26-32,36,44-45,52-53H,13-14,16,18-22H2,1-10H3,(H,50,51)/b12-11+,24-15+,25-17+. The van der Waals surface area contributed by atoms with Crippen LogP contribution >= 0.6 is 0 Å². The van der Waals surface area contributed by atoms with Crippen molar-refractivity contribution in [1.29, 1.82) is 0 Å². The summed E-state index contributed by atoms with van der Waals surface area (Å²) in [6, 6.07) is 0. The minimum Gasteiger partial charge on any atom is -0.466 e. The maximum Gasteiger partial charge on any atom is 0.506 e. The molecule has 6 bridgehead atoms. The Hall–Kier alpha value is -3.91. The quantitative estimate of drug-likeness (QED) is 0.115. The molecule has 0 radical (unpaired) electrons. The third-order valence-corrected chi connectivity index (χ3v) is 12.0. The van der Waals surface area contributed by atoms with Gasteiger partial charge < -0.3 is 63.4 Å². The van der Waals surface area contributed by atoms with E-state index < -0.39 is 119 Å². The van der Waals surface area contributed by atoms with Gasteiger partial charge in [-0.25, -0.2) is 14.4 Å². The Balaban J connectivity index is 1.89. The molecule has 11 atom stereocenters. The zero-order chi connectivity index (χ0) is 45.9. The predicted octanol–water partition coefficient (Wildman–Crippen LogP) is 3.55. The van der Waals surface area contributed by atoms with Gasteiger partial charge >= 0.3 is 30.0 Å². The van der Waals surface area contributed by atoms with E-state index in [-0.39, 0.29) is 50.5 Å². The Labute approximate surface area is 356 Å². The molecule has 0 aliphatic carbocycles.